The van der Waals surface area contributed by atoms with Crippen molar-refractivity contribution in [2.24, 2.45) is 7.05 Å². The summed E-state index contributed by atoms with van der Waals surface area (Å²) >= 11 is 0. The molecule has 3 heterocycles. The Morgan fingerprint density at radius 2 is 1.73 bits per heavy atom. The van der Waals surface area contributed by atoms with Crippen LogP contribution in [-0.2, 0) is 17.1 Å². The van der Waals surface area contributed by atoms with Crippen LogP contribution in [-0.4, -0.2) is 54.9 Å². The SMILES string of the molecule is COc1cc2c(NS(=O)(=O)c3c(OC)cc(-c4cnn(C)c4)cc3OC)noc2cc1Nc1cc(C2CC2)[nH]n1. The number of rotatable bonds is 10. The van der Waals surface area contributed by atoms with E-state index >= 15 is 0 Å². The fourth-order valence-electron chi connectivity index (χ4n) is 4.51. The molecule has 0 spiro atoms. The van der Waals surface area contributed by atoms with Crippen molar-refractivity contribution >= 4 is 38.3 Å². The van der Waals surface area contributed by atoms with E-state index in [1.165, 1.54) is 21.3 Å². The minimum Gasteiger partial charge on any atom is -0.495 e. The highest BCUT2D eigenvalue weighted by molar-refractivity contribution is 7.93. The topological polar surface area (TPSA) is 158 Å². The lowest BCUT2D eigenvalue weighted by atomic mass is 10.1. The minimum absolute atomic E-state index is 0.0175. The van der Waals surface area contributed by atoms with Crippen molar-refractivity contribution in [2.75, 3.05) is 31.4 Å². The van der Waals surface area contributed by atoms with E-state index in [2.05, 4.69) is 30.5 Å². The van der Waals surface area contributed by atoms with Gasteiger partial charge in [0.2, 0.25) is 0 Å². The third-order valence-corrected chi connectivity index (χ3v) is 8.07. The average Bonchev–Trinajstić information content (AvgIpc) is 3.34. The molecule has 0 amide bonds. The molecule has 1 aliphatic carbocycles. The summed E-state index contributed by atoms with van der Waals surface area (Å²) in [6.45, 7) is 0. The number of benzene rings is 2. The van der Waals surface area contributed by atoms with Crippen molar-refractivity contribution < 1.29 is 27.2 Å². The highest BCUT2D eigenvalue weighted by Crippen LogP contribution is 2.42. The van der Waals surface area contributed by atoms with Gasteiger partial charge in [0.15, 0.2) is 22.1 Å². The maximum atomic E-state index is 13.7. The molecule has 0 unspecified atom stereocenters. The number of anilines is 3. The van der Waals surface area contributed by atoms with Gasteiger partial charge in [-0.1, -0.05) is 5.16 Å². The van der Waals surface area contributed by atoms with Crippen molar-refractivity contribution in [3.8, 4) is 28.4 Å². The summed E-state index contributed by atoms with van der Waals surface area (Å²) in [5.74, 6) is 1.77. The first-order chi connectivity index (χ1) is 19.3. The van der Waals surface area contributed by atoms with E-state index < -0.39 is 10.0 Å². The molecule has 2 aromatic carbocycles. The van der Waals surface area contributed by atoms with Crippen LogP contribution in [0.2, 0.25) is 0 Å². The molecule has 0 atom stereocenters. The summed E-state index contributed by atoms with van der Waals surface area (Å²) in [5, 5.41) is 19.1. The predicted octanol–water partition coefficient (Wildman–Crippen LogP) is 4.40. The number of aryl methyl sites for hydroxylation is 1. The number of aromatic amines is 1. The van der Waals surface area contributed by atoms with Crippen molar-refractivity contribution in [2.45, 2.75) is 23.7 Å². The second kappa shape index (κ2) is 9.79. The Labute approximate surface area is 229 Å². The molecule has 1 saturated carbocycles. The Bertz CT molecular complexity index is 1800. The molecular weight excluding hydrogens is 538 g/mol. The molecule has 0 radical (unpaired) electrons. The average molecular weight is 566 g/mol. The van der Waals surface area contributed by atoms with Gasteiger partial charge in [0, 0.05) is 42.6 Å². The van der Waals surface area contributed by atoms with Crippen LogP contribution in [0.5, 0.6) is 17.2 Å². The lowest BCUT2D eigenvalue weighted by Gasteiger charge is -2.15. The van der Waals surface area contributed by atoms with Gasteiger partial charge in [0.25, 0.3) is 10.0 Å². The second-order valence-corrected chi connectivity index (χ2v) is 11.0. The number of methoxy groups -OCH3 is 3. The molecule has 14 heteroatoms. The van der Waals surface area contributed by atoms with Gasteiger partial charge in [-0.2, -0.15) is 10.2 Å². The van der Waals surface area contributed by atoms with E-state index in [9.17, 15) is 8.42 Å². The van der Waals surface area contributed by atoms with Crippen LogP contribution < -0.4 is 24.2 Å². The third-order valence-electron chi connectivity index (χ3n) is 6.67. The highest BCUT2D eigenvalue weighted by atomic mass is 32.2. The summed E-state index contributed by atoms with van der Waals surface area (Å²) in [6, 6.07) is 8.50. The van der Waals surface area contributed by atoms with Gasteiger partial charge < -0.3 is 24.1 Å². The summed E-state index contributed by atoms with van der Waals surface area (Å²) in [4.78, 5) is -0.184. The van der Waals surface area contributed by atoms with Gasteiger partial charge in [-0.3, -0.25) is 14.5 Å². The number of hydrogen-bond donors (Lipinski definition) is 3. The van der Waals surface area contributed by atoms with E-state index in [-0.39, 0.29) is 22.2 Å². The summed E-state index contributed by atoms with van der Waals surface area (Å²) < 4.78 is 53.5. The lowest BCUT2D eigenvalue weighted by Crippen LogP contribution is -2.16. The van der Waals surface area contributed by atoms with Crippen LogP contribution in [0.3, 0.4) is 0 Å². The van der Waals surface area contributed by atoms with E-state index in [0.29, 0.717) is 39.7 Å². The van der Waals surface area contributed by atoms with E-state index in [1.807, 2.05) is 6.07 Å². The first-order valence-electron chi connectivity index (χ1n) is 12.4. The largest absolute Gasteiger partial charge is 0.495 e. The first kappa shape index (κ1) is 25.6. The molecular formula is C26H27N7O6S. The zero-order valence-electron chi connectivity index (χ0n) is 22.2. The maximum Gasteiger partial charge on any atom is 0.270 e. The van der Waals surface area contributed by atoms with E-state index in [4.69, 9.17) is 18.7 Å². The van der Waals surface area contributed by atoms with Gasteiger partial charge in [0.05, 0.1) is 38.6 Å². The first-order valence-corrected chi connectivity index (χ1v) is 13.9. The molecule has 1 aliphatic rings. The fourth-order valence-corrected chi connectivity index (χ4v) is 5.82. The molecule has 6 rings (SSSR count). The molecule has 13 nitrogen and oxygen atoms in total. The van der Waals surface area contributed by atoms with Gasteiger partial charge >= 0.3 is 0 Å². The molecule has 208 valence electrons. The number of H-pyrrole nitrogens is 1. The highest BCUT2D eigenvalue weighted by Gasteiger charge is 2.29. The Hall–Kier alpha value is -4.72. The lowest BCUT2D eigenvalue weighted by molar-refractivity contribution is 0.374. The van der Waals surface area contributed by atoms with Crippen molar-refractivity contribution in [3.63, 3.8) is 0 Å². The Morgan fingerprint density at radius 3 is 2.35 bits per heavy atom. The summed E-state index contributed by atoms with van der Waals surface area (Å²) in [5.41, 5.74) is 3.46. The van der Waals surface area contributed by atoms with Gasteiger partial charge in [-0.25, -0.2) is 8.42 Å². The predicted molar refractivity (Wildman–Crippen MR) is 147 cm³/mol. The fraction of sp³-hybridized carbons (Fsp3) is 0.269. The summed E-state index contributed by atoms with van der Waals surface area (Å²) in [7, 11) is 1.84. The molecule has 1 fully saturated rings. The van der Waals surface area contributed by atoms with Crippen LogP contribution in [0.15, 0.2) is 52.1 Å². The molecule has 5 aromatic rings. The van der Waals surface area contributed by atoms with Crippen molar-refractivity contribution in [3.05, 3.63) is 48.4 Å². The van der Waals surface area contributed by atoms with E-state index in [0.717, 1.165) is 24.1 Å². The Morgan fingerprint density at radius 1 is 1.00 bits per heavy atom. The molecule has 0 aliphatic heterocycles. The number of aromatic nitrogens is 5. The number of sulfonamides is 1. The Balaban J connectivity index is 1.33. The molecule has 40 heavy (non-hydrogen) atoms. The molecule has 0 bridgehead atoms. The van der Waals surface area contributed by atoms with Gasteiger partial charge in [-0.15, -0.1) is 0 Å². The minimum atomic E-state index is -4.25. The van der Waals surface area contributed by atoms with Gasteiger partial charge in [0.1, 0.15) is 17.2 Å². The zero-order chi connectivity index (χ0) is 28.0. The number of hydrogen-bond acceptors (Lipinski definition) is 10. The van der Waals surface area contributed by atoms with E-state index in [1.54, 1.807) is 48.4 Å². The maximum absolute atomic E-state index is 13.7. The number of nitrogens with one attached hydrogen (secondary N) is 3. The van der Waals surface area contributed by atoms with Crippen LogP contribution in [0.25, 0.3) is 22.1 Å². The zero-order valence-corrected chi connectivity index (χ0v) is 23.0. The third kappa shape index (κ3) is 4.66. The number of nitrogens with zero attached hydrogens (tertiary/aromatic N) is 4. The number of ether oxygens (including phenoxy) is 3. The summed E-state index contributed by atoms with van der Waals surface area (Å²) in [6.07, 6.45) is 5.77. The van der Waals surface area contributed by atoms with Crippen molar-refractivity contribution in [1.29, 1.82) is 0 Å². The quantitative estimate of drug-likeness (QED) is 0.222. The molecule has 3 N–H and O–H groups in total. The van der Waals surface area contributed by atoms with Crippen LogP contribution in [0, 0.1) is 0 Å². The molecule has 3 aromatic heterocycles. The van der Waals surface area contributed by atoms with Crippen molar-refractivity contribution in [1.82, 2.24) is 25.1 Å². The monoisotopic (exact) mass is 565 g/mol. The smallest absolute Gasteiger partial charge is 0.270 e. The number of fused-ring (bicyclic) bond motifs is 1. The normalized spacial score (nSPS) is 13.4. The van der Waals surface area contributed by atoms with Crippen LogP contribution >= 0.6 is 0 Å². The van der Waals surface area contributed by atoms with Gasteiger partial charge in [-0.05, 0) is 36.6 Å². The van der Waals surface area contributed by atoms with Crippen LogP contribution in [0.4, 0.5) is 17.3 Å². The Kier molecular flexibility index (Phi) is 6.25. The van der Waals surface area contributed by atoms with Crippen LogP contribution in [0.1, 0.15) is 24.5 Å². The second-order valence-electron chi connectivity index (χ2n) is 9.41. The molecule has 0 saturated heterocycles. The standard InChI is InChI=1S/C26H27N7O6S/c1-33-13-16(12-27-33)15-7-22(37-3)25(23(8-15)38-4)40(34,35)32-26-17-9-21(36-2)19(10-20(17)39-31-26)28-24-11-18(29-30-24)14-5-6-14/h7-14H,5-6H2,1-4H3,(H,31,32)(H2,28,29,30).